The van der Waals surface area contributed by atoms with Crippen LogP contribution in [0.1, 0.15) is 17.7 Å². The van der Waals surface area contributed by atoms with E-state index in [1.807, 2.05) is 6.07 Å². The average Bonchev–Trinajstić information content (AvgIpc) is 3.15. The highest BCUT2D eigenvalue weighted by Crippen LogP contribution is 2.24. The zero-order valence-electron chi connectivity index (χ0n) is 17.5. The minimum atomic E-state index is -1.15. The number of amides is 1. The van der Waals surface area contributed by atoms with Crippen molar-refractivity contribution in [2.24, 2.45) is 16.5 Å². The second-order valence-electron chi connectivity index (χ2n) is 7.38. The minimum Gasteiger partial charge on any atom is -0.434 e. The molecule has 0 bridgehead atoms. The fraction of sp³-hybridized carbons (Fsp3) is 0.286. The number of fused-ring (bicyclic) bond motifs is 1. The Morgan fingerprint density at radius 3 is 2.79 bits per heavy atom. The lowest BCUT2D eigenvalue weighted by Crippen LogP contribution is -2.60. The lowest BCUT2D eigenvalue weighted by Gasteiger charge is -2.38. The predicted molar refractivity (Wildman–Crippen MR) is 122 cm³/mol. The van der Waals surface area contributed by atoms with E-state index in [0.717, 1.165) is 0 Å². The summed E-state index contributed by atoms with van der Waals surface area (Å²) in [5.74, 6) is 0.0539. The largest absolute Gasteiger partial charge is 0.434 e. The van der Waals surface area contributed by atoms with Crippen molar-refractivity contribution in [1.82, 2.24) is 19.7 Å². The molecule has 12 heteroatoms. The molecule has 2 aromatic heterocycles. The maximum absolute atomic E-state index is 14.3. The summed E-state index contributed by atoms with van der Waals surface area (Å²) in [6.07, 6.45) is -0.961. The summed E-state index contributed by atoms with van der Waals surface area (Å²) >= 11 is 5.90. The van der Waals surface area contributed by atoms with Crippen LogP contribution in [0.15, 0.2) is 47.6 Å². The maximum atomic E-state index is 14.3. The average molecular weight is 473 g/mol. The highest BCUT2D eigenvalue weighted by atomic mass is 35.5. The van der Waals surface area contributed by atoms with Gasteiger partial charge >= 0.3 is 6.09 Å². The second-order valence-corrected chi connectivity index (χ2v) is 7.75. The molecule has 5 N–H and O–H groups in total. The van der Waals surface area contributed by atoms with Crippen LogP contribution in [0.2, 0.25) is 0 Å². The first kappa shape index (κ1) is 22.6. The van der Waals surface area contributed by atoms with Gasteiger partial charge in [0, 0.05) is 24.2 Å². The fourth-order valence-electron chi connectivity index (χ4n) is 3.71. The van der Waals surface area contributed by atoms with Gasteiger partial charge in [0.15, 0.2) is 23.4 Å². The van der Waals surface area contributed by atoms with E-state index in [1.165, 1.54) is 6.07 Å². The molecule has 2 unspecified atom stereocenters. The van der Waals surface area contributed by atoms with Crippen LogP contribution in [0.3, 0.4) is 0 Å². The number of alkyl halides is 1. The van der Waals surface area contributed by atoms with Gasteiger partial charge in [0.1, 0.15) is 17.7 Å². The summed E-state index contributed by atoms with van der Waals surface area (Å²) in [6, 6.07) is 9.98. The topological polar surface area (TPSA) is 148 Å². The Morgan fingerprint density at radius 1 is 1.27 bits per heavy atom. The van der Waals surface area contributed by atoms with Crippen molar-refractivity contribution in [2.75, 3.05) is 12.4 Å². The number of nitrogens with zero attached hydrogens (tertiary/aromatic N) is 5. The monoisotopic (exact) mass is 472 g/mol. The Balaban J connectivity index is 1.81. The molecule has 0 saturated carbocycles. The number of hydrogen-bond acceptors (Lipinski definition) is 7. The summed E-state index contributed by atoms with van der Waals surface area (Å²) in [7, 11) is 0. The van der Waals surface area contributed by atoms with Crippen molar-refractivity contribution in [3.63, 3.8) is 0 Å². The third-order valence-corrected chi connectivity index (χ3v) is 5.48. The number of carbonyl (C=O) groups excluding carboxylic acids is 1. The van der Waals surface area contributed by atoms with Crippen LogP contribution in [0.25, 0.3) is 11.0 Å². The Morgan fingerprint density at radius 2 is 2.06 bits per heavy atom. The number of pyridine rings is 1. The Kier molecular flexibility index (Phi) is 6.52. The molecule has 3 heterocycles. The minimum absolute atomic E-state index is 0.145. The van der Waals surface area contributed by atoms with Crippen molar-refractivity contribution in [3.8, 4) is 0 Å². The van der Waals surface area contributed by atoms with Gasteiger partial charge in [-0.05, 0) is 24.6 Å². The summed E-state index contributed by atoms with van der Waals surface area (Å²) in [6.45, 7) is 0.517. The summed E-state index contributed by atoms with van der Waals surface area (Å²) in [5.41, 5.74) is 12.9. The Hall–Kier alpha value is -3.57. The SMILES string of the molecule is N=C1N=C(c2nn(Cc3ccccc3F)c3ncccc23)N(CCCCl)C(N)C1OC(N)=O. The third kappa shape index (κ3) is 4.50. The van der Waals surface area contributed by atoms with Gasteiger partial charge < -0.3 is 21.1 Å². The normalized spacial score (nSPS) is 18.5. The van der Waals surface area contributed by atoms with E-state index >= 15 is 0 Å². The molecule has 0 spiro atoms. The molecule has 172 valence electrons. The van der Waals surface area contributed by atoms with Gasteiger partial charge in [-0.2, -0.15) is 5.10 Å². The highest BCUT2D eigenvalue weighted by Gasteiger charge is 2.39. The van der Waals surface area contributed by atoms with Crippen LogP contribution in [-0.2, 0) is 11.3 Å². The number of aliphatic imine (C=N–C) groups is 1. The van der Waals surface area contributed by atoms with E-state index in [-0.39, 0.29) is 18.2 Å². The number of aromatic nitrogens is 3. The van der Waals surface area contributed by atoms with E-state index in [9.17, 15) is 9.18 Å². The molecule has 33 heavy (non-hydrogen) atoms. The van der Waals surface area contributed by atoms with E-state index in [4.69, 9.17) is 33.2 Å². The molecule has 10 nitrogen and oxygen atoms in total. The molecular weight excluding hydrogens is 451 g/mol. The number of benzene rings is 1. The van der Waals surface area contributed by atoms with Crippen molar-refractivity contribution < 1.29 is 13.9 Å². The number of amidine groups is 2. The van der Waals surface area contributed by atoms with Gasteiger partial charge in [0.2, 0.25) is 0 Å². The molecule has 0 saturated heterocycles. The number of rotatable bonds is 7. The van der Waals surface area contributed by atoms with Crippen LogP contribution in [0.5, 0.6) is 0 Å². The first-order chi connectivity index (χ1) is 15.9. The van der Waals surface area contributed by atoms with E-state index in [1.54, 1.807) is 40.0 Å². The van der Waals surface area contributed by atoms with Gasteiger partial charge in [0.25, 0.3) is 0 Å². The summed E-state index contributed by atoms with van der Waals surface area (Å²) in [4.78, 5) is 21.8. The van der Waals surface area contributed by atoms with Gasteiger partial charge in [0.05, 0.1) is 11.9 Å². The van der Waals surface area contributed by atoms with Gasteiger partial charge in [-0.25, -0.2) is 23.8 Å². The van der Waals surface area contributed by atoms with Gasteiger partial charge in [-0.3, -0.25) is 5.41 Å². The second kappa shape index (κ2) is 9.51. The molecular formula is C21H22ClFN8O2. The molecule has 1 aliphatic rings. The zero-order chi connectivity index (χ0) is 23.5. The smallest absolute Gasteiger partial charge is 0.405 e. The number of nitrogens with one attached hydrogen (secondary N) is 1. The van der Waals surface area contributed by atoms with Crippen molar-refractivity contribution in [3.05, 3.63) is 59.7 Å². The molecule has 1 aromatic carbocycles. The molecule has 2 atom stereocenters. The Labute approximate surface area is 193 Å². The number of hydrogen-bond donors (Lipinski definition) is 3. The quantitative estimate of drug-likeness (QED) is 0.448. The fourth-order valence-corrected chi connectivity index (χ4v) is 3.83. The molecule has 0 aliphatic carbocycles. The summed E-state index contributed by atoms with van der Waals surface area (Å²) < 4.78 is 20.9. The van der Waals surface area contributed by atoms with Crippen LogP contribution >= 0.6 is 11.6 Å². The zero-order valence-corrected chi connectivity index (χ0v) is 18.2. The van der Waals surface area contributed by atoms with E-state index < -0.39 is 18.4 Å². The molecule has 4 rings (SSSR count). The van der Waals surface area contributed by atoms with Crippen LogP contribution in [0, 0.1) is 11.2 Å². The number of nitrogens with two attached hydrogens (primary N) is 2. The van der Waals surface area contributed by atoms with Crippen molar-refractivity contribution in [2.45, 2.75) is 25.2 Å². The molecule has 3 aromatic rings. The van der Waals surface area contributed by atoms with Gasteiger partial charge in [-0.15, -0.1) is 11.6 Å². The first-order valence-electron chi connectivity index (χ1n) is 10.2. The lowest BCUT2D eigenvalue weighted by molar-refractivity contribution is 0.0899. The van der Waals surface area contributed by atoms with Crippen LogP contribution < -0.4 is 11.5 Å². The summed E-state index contributed by atoms with van der Waals surface area (Å²) in [5, 5.41) is 13.6. The van der Waals surface area contributed by atoms with Gasteiger partial charge in [-0.1, -0.05) is 18.2 Å². The van der Waals surface area contributed by atoms with E-state index in [2.05, 4.69) is 15.1 Å². The number of carbonyl (C=O) groups is 1. The van der Waals surface area contributed by atoms with Crippen molar-refractivity contribution in [1.29, 1.82) is 5.41 Å². The molecule has 0 fully saturated rings. The maximum Gasteiger partial charge on any atom is 0.405 e. The lowest BCUT2D eigenvalue weighted by atomic mass is 10.1. The number of ether oxygens (including phenoxy) is 1. The first-order valence-corrected chi connectivity index (χ1v) is 10.7. The van der Waals surface area contributed by atoms with Crippen molar-refractivity contribution >= 4 is 40.4 Å². The third-order valence-electron chi connectivity index (χ3n) is 5.21. The number of primary amides is 1. The number of halogens is 2. The highest BCUT2D eigenvalue weighted by molar-refractivity contribution is 6.18. The Bertz CT molecular complexity index is 1230. The molecule has 0 radical (unpaired) electrons. The van der Waals surface area contributed by atoms with Crippen LogP contribution in [0.4, 0.5) is 9.18 Å². The standard InChI is InChI=1S/C21H22ClFN8O2/c22-8-4-10-30-18(25)16(33-21(26)32)17(24)28-20(30)15-13-6-3-9-27-19(13)31(29-15)11-12-5-1-2-7-14(12)23/h1-3,5-7,9,16,18,24H,4,8,10-11,25H2,(H2,26,32). The van der Waals surface area contributed by atoms with Crippen LogP contribution in [-0.4, -0.2) is 62.1 Å². The van der Waals surface area contributed by atoms with E-state index in [0.29, 0.717) is 47.0 Å². The predicted octanol–water partition coefficient (Wildman–Crippen LogP) is 2.04. The molecule has 1 aliphatic heterocycles. The molecule has 1 amide bonds.